The van der Waals surface area contributed by atoms with Gasteiger partial charge in [-0.1, -0.05) is 0 Å². The Morgan fingerprint density at radius 3 is 2.59 bits per heavy atom. The molecule has 0 spiro atoms. The summed E-state index contributed by atoms with van der Waals surface area (Å²) in [6, 6.07) is 3.48. The lowest BCUT2D eigenvalue weighted by Gasteiger charge is -2.26. The molecule has 17 heavy (non-hydrogen) atoms. The molecule has 1 heterocycles. The van der Waals surface area contributed by atoms with E-state index in [0.29, 0.717) is 24.4 Å². The Kier molecular flexibility index (Phi) is 3.46. The summed E-state index contributed by atoms with van der Waals surface area (Å²) in [4.78, 5) is 14.9. The van der Waals surface area contributed by atoms with Gasteiger partial charge in [0.2, 0.25) is 5.88 Å². The average Bonchev–Trinajstić information content (AvgIpc) is 2.33. The fourth-order valence-corrected chi connectivity index (χ4v) is 2.06. The number of rotatable bonds is 3. The van der Waals surface area contributed by atoms with Crippen molar-refractivity contribution in [3.05, 3.63) is 18.3 Å². The van der Waals surface area contributed by atoms with Gasteiger partial charge in [-0.2, -0.15) is 0 Å². The zero-order chi connectivity index (χ0) is 12.3. The van der Waals surface area contributed by atoms with Crippen LogP contribution < -0.4 is 10.5 Å². The van der Waals surface area contributed by atoms with Crippen LogP contribution in [0.2, 0.25) is 0 Å². The van der Waals surface area contributed by atoms with Crippen LogP contribution in [0.15, 0.2) is 18.3 Å². The maximum absolute atomic E-state index is 10.8. The minimum Gasteiger partial charge on any atom is -0.481 e. The Labute approximate surface area is 99.6 Å². The molecule has 0 aromatic carbocycles. The van der Waals surface area contributed by atoms with Crippen LogP contribution in [0, 0.1) is 5.92 Å². The maximum Gasteiger partial charge on any atom is 0.306 e. The van der Waals surface area contributed by atoms with E-state index in [-0.39, 0.29) is 12.0 Å². The fourth-order valence-electron chi connectivity index (χ4n) is 2.06. The number of aromatic nitrogens is 1. The lowest BCUT2D eigenvalue weighted by Crippen LogP contribution is -2.28. The topological polar surface area (TPSA) is 85.4 Å². The number of nitrogens with two attached hydrogens (primary N) is 1. The molecule has 1 saturated carbocycles. The van der Waals surface area contributed by atoms with Crippen LogP contribution >= 0.6 is 0 Å². The van der Waals surface area contributed by atoms with E-state index in [1.54, 1.807) is 18.3 Å². The van der Waals surface area contributed by atoms with Crippen LogP contribution in [0.3, 0.4) is 0 Å². The summed E-state index contributed by atoms with van der Waals surface area (Å²) in [5, 5.41) is 8.88. The molecular weight excluding hydrogens is 220 g/mol. The lowest BCUT2D eigenvalue weighted by atomic mass is 9.87. The average molecular weight is 236 g/mol. The van der Waals surface area contributed by atoms with Crippen LogP contribution in [0.1, 0.15) is 25.7 Å². The van der Waals surface area contributed by atoms with Gasteiger partial charge < -0.3 is 15.6 Å². The Morgan fingerprint density at radius 1 is 1.35 bits per heavy atom. The van der Waals surface area contributed by atoms with Crippen LogP contribution in [0.5, 0.6) is 5.88 Å². The molecule has 3 N–H and O–H groups in total. The molecule has 0 radical (unpaired) electrons. The van der Waals surface area contributed by atoms with Crippen LogP contribution in [0.4, 0.5) is 5.69 Å². The first-order chi connectivity index (χ1) is 8.15. The minimum absolute atomic E-state index is 0.0710. The number of pyridine rings is 1. The SMILES string of the molecule is Nc1ccc(O[C@H]2CC[C@H](C(=O)O)CC2)nc1. The Morgan fingerprint density at radius 2 is 2.06 bits per heavy atom. The summed E-state index contributed by atoms with van der Waals surface area (Å²) in [6.45, 7) is 0. The Bertz CT molecular complexity index is 383. The van der Waals surface area contributed by atoms with E-state index in [9.17, 15) is 4.79 Å². The fraction of sp³-hybridized carbons (Fsp3) is 0.500. The molecule has 1 fully saturated rings. The molecule has 1 aliphatic rings. The predicted molar refractivity (Wildman–Crippen MR) is 62.7 cm³/mol. The lowest BCUT2D eigenvalue weighted by molar-refractivity contribution is -0.143. The van der Waals surface area contributed by atoms with Gasteiger partial charge in [-0.25, -0.2) is 4.98 Å². The van der Waals surface area contributed by atoms with Crippen molar-refractivity contribution in [2.24, 2.45) is 5.92 Å². The number of aliphatic carboxylic acids is 1. The first-order valence-corrected chi connectivity index (χ1v) is 5.76. The Hall–Kier alpha value is -1.78. The molecule has 5 nitrogen and oxygen atoms in total. The monoisotopic (exact) mass is 236 g/mol. The van der Waals surface area contributed by atoms with Crippen molar-refractivity contribution in [3.63, 3.8) is 0 Å². The summed E-state index contributed by atoms with van der Waals surface area (Å²) in [6.07, 6.45) is 4.51. The van der Waals surface area contributed by atoms with Gasteiger partial charge in [0.05, 0.1) is 17.8 Å². The van der Waals surface area contributed by atoms with Gasteiger partial charge in [-0.15, -0.1) is 0 Å². The van der Waals surface area contributed by atoms with Gasteiger partial charge in [-0.3, -0.25) is 4.79 Å². The standard InChI is InChI=1S/C12H16N2O3/c13-9-3-6-11(14-7-9)17-10-4-1-8(2-5-10)12(15)16/h3,6-8,10H,1-2,4-5,13H2,(H,15,16)/t8-,10-. The largest absolute Gasteiger partial charge is 0.481 e. The second-order valence-corrected chi connectivity index (χ2v) is 4.36. The predicted octanol–water partition coefficient (Wildman–Crippen LogP) is 1.69. The third-order valence-corrected chi connectivity index (χ3v) is 3.07. The van der Waals surface area contributed by atoms with Crippen molar-refractivity contribution in [2.45, 2.75) is 31.8 Å². The molecule has 5 heteroatoms. The summed E-state index contributed by atoms with van der Waals surface area (Å²) in [5.74, 6) is -0.360. The van der Waals surface area contributed by atoms with Crippen LogP contribution in [0.25, 0.3) is 0 Å². The number of carbonyl (C=O) groups is 1. The van der Waals surface area contributed by atoms with Gasteiger partial charge in [0, 0.05) is 6.07 Å². The van der Waals surface area contributed by atoms with Gasteiger partial charge in [0.15, 0.2) is 0 Å². The van der Waals surface area contributed by atoms with Gasteiger partial charge in [0.1, 0.15) is 6.10 Å². The summed E-state index contributed by atoms with van der Waals surface area (Å²) >= 11 is 0. The number of anilines is 1. The smallest absolute Gasteiger partial charge is 0.306 e. The Balaban J connectivity index is 1.85. The van der Waals surface area contributed by atoms with E-state index in [1.165, 1.54) is 0 Å². The molecule has 0 atom stereocenters. The van der Waals surface area contributed by atoms with Gasteiger partial charge >= 0.3 is 5.97 Å². The van der Waals surface area contributed by atoms with E-state index in [1.807, 2.05) is 0 Å². The third-order valence-electron chi connectivity index (χ3n) is 3.07. The highest BCUT2D eigenvalue weighted by molar-refractivity contribution is 5.70. The molecule has 1 aliphatic carbocycles. The van der Waals surface area contributed by atoms with E-state index >= 15 is 0 Å². The van der Waals surface area contributed by atoms with Gasteiger partial charge in [-0.05, 0) is 31.7 Å². The number of ether oxygens (including phenoxy) is 1. The molecule has 0 amide bonds. The molecule has 2 rings (SSSR count). The number of hydrogen-bond acceptors (Lipinski definition) is 4. The van der Waals surface area contributed by atoms with Crippen molar-refractivity contribution >= 4 is 11.7 Å². The highest BCUT2D eigenvalue weighted by Crippen LogP contribution is 2.27. The van der Waals surface area contributed by atoms with Gasteiger partial charge in [0.25, 0.3) is 0 Å². The second kappa shape index (κ2) is 5.03. The first-order valence-electron chi connectivity index (χ1n) is 5.76. The number of carboxylic acids is 1. The van der Waals surface area contributed by atoms with E-state index in [0.717, 1.165) is 12.8 Å². The van der Waals surface area contributed by atoms with E-state index in [4.69, 9.17) is 15.6 Å². The highest BCUT2D eigenvalue weighted by atomic mass is 16.5. The minimum atomic E-state index is -0.700. The van der Waals surface area contributed by atoms with E-state index in [2.05, 4.69) is 4.98 Å². The van der Waals surface area contributed by atoms with Crippen molar-refractivity contribution in [1.29, 1.82) is 0 Å². The van der Waals surface area contributed by atoms with Crippen molar-refractivity contribution in [1.82, 2.24) is 4.98 Å². The quantitative estimate of drug-likeness (QED) is 0.834. The summed E-state index contributed by atoms with van der Waals surface area (Å²) in [5.41, 5.74) is 6.13. The summed E-state index contributed by atoms with van der Waals surface area (Å²) in [7, 11) is 0. The van der Waals surface area contributed by atoms with Crippen LogP contribution in [-0.4, -0.2) is 22.2 Å². The number of hydrogen-bond donors (Lipinski definition) is 2. The third kappa shape index (κ3) is 3.09. The van der Waals surface area contributed by atoms with E-state index < -0.39 is 5.97 Å². The van der Waals surface area contributed by atoms with Crippen molar-refractivity contribution in [3.8, 4) is 5.88 Å². The zero-order valence-corrected chi connectivity index (χ0v) is 9.50. The molecule has 1 aromatic rings. The number of nitrogen functional groups attached to an aromatic ring is 1. The normalized spacial score (nSPS) is 24.2. The van der Waals surface area contributed by atoms with Crippen molar-refractivity contribution < 1.29 is 14.6 Å². The first kappa shape index (κ1) is 11.7. The number of nitrogens with zero attached hydrogens (tertiary/aromatic N) is 1. The summed E-state index contributed by atoms with van der Waals surface area (Å²) < 4.78 is 5.68. The molecule has 0 aliphatic heterocycles. The van der Waals surface area contributed by atoms with Crippen LogP contribution in [-0.2, 0) is 4.79 Å². The number of carboxylic acid groups (broad SMARTS) is 1. The molecule has 0 saturated heterocycles. The molecule has 1 aromatic heterocycles. The van der Waals surface area contributed by atoms with Crippen molar-refractivity contribution in [2.75, 3.05) is 5.73 Å². The molecule has 0 unspecified atom stereocenters. The molecular formula is C12H16N2O3. The molecule has 92 valence electrons. The second-order valence-electron chi connectivity index (χ2n) is 4.36. The maximum atomic E-state index is 10.8. The molecule has 0 bridgehead atoms. The highest BCUT2D eigenvalue weighted by Gasteiger charge is 2.26. The zero-order valence-electron chi connectivity index (χ0n) is 9.50.